The molecular formula is C25H28ClF2N3O4. The topological polar surface area (TPSA) is 79.9 Å². The lowest BCUT2D eigenvalue weighted by Gasteiger charge is -2.45. The summed E-state index contributed by atoms with van der Waals surface area (Å²) >= 11 is 5.91. The normalized spacial score (nSPS) is 23.4. The van der Waals surface area contributed by atoms with Gasteiger partial charge in [0.05, 0.1) is 14.2 Å². The van der Waals surface area contributed by atoms with Crippen LogP contribution in [-0.2, 0) is 10.2 Å². The van der Waals surface area contributed by atoms with E-state index in [1.165, 1.54) is 6.07 Å². The summed E-state index contributed by atoms with van der Waals surface area (Å²) in [4.78, 5) is 27.1. The molecule has 2 N–H and O–H groups in total. The van der Waals surface area contributed by atoms with E-state index in [0.29, 0.717) is 30.9 Å². The lowest BCUT2D eigenvalue weighted by molar-refractivity contribution is -0.130. The molecule has 1 saturated carbocycles. The van der Waals surface area contributed by atoms with Gasteiger partial charge in [0.2, 0.25) is 5.91 Å². The van der Waals surface area contributed by atoms with Crippen molar-refractivity contribution in [2.24, 2.45) is 0 Å². The van der Waals surface area contributed by atoms with Crippen LogP contribution in [0.4, 0.5) is 19.3 Å². The maximum Gasteiger partial charge on any atom is 0.319 e. The molecular weight excluding hydrogens is 480 g/mol. The van der Waals surface area contributed by atoms with Gasteiger partial charge in [-0.2, -0.15) is 0 Å². The Morgan fingerprint density at radius 1 is 1.09 bits per heavy atom. The van der Waals surface area contributed by atoms with Crippen LogP contribution in [0.2, 0.25) is 0 Å². The van der Waals surface area contributed by atoms with Crippen molar-refractivity contribution in [3.8, 4) is 11.5 Å². The fourth-order valence-electron chi connectivity index (χ4n) is 5.46. The highest BCUT2D eigenvalue weighted by molar-refractivity contribution is 6.27. The molecule has 3 atom stereocenters. The molecule has 1 saturated heterocycles. The van der Waals surface area contributed by atoms with Crippen molar-refractivity contribution in [3.63, 3.8) is 0 Å². The first kappa shape index (κ1) is 25.0. The Morgan fingerprint density at radius 3 is 2.54 bits per heavy atom. The number of carbonyl (C=O) groups is 2. The van der Waals surface area contributed by atoms with E-state index in [9.17, 15) is 18.4 Å². The molecule has 0 spiro atoms. The number of carbonyl (C=O) groups excluding carboxylic acids is 2. The first-order valence-electron chi connectivity index (χ1n) is 11.4. The van der Waals surface area contributed by atoms with E-state index in [1.54, 1.807) is 14.2 Å². The van der Waals surface area contributed by atoms with E-state index in [2.05, 4.69) is 10.6 Å². The number of halogens is 3. The van der Waals surface area contributed by atoms with Gasteiger partial charge in [0.25, 0.3) is 0 Å². The van der Waals surface area contributed by atoms with Crippen LogP contribution in [0.15, 0.2) is 36.4 Å². The van der Waals surface area contributed by atoms with E-state index >= 15 is 0 Å². The lowest BCUT2D eigenvalue weighted by atomic mass is 9.65. The Hall–Kier alpha value is -3.07. The minimum absolute atomic E-state index is 0.118. The second kappa shape index (κ2) is 10.3. The van der Waals surface area contributed by atoms with Gasteiger partial charge in [0, 0.05) is 35.8 Å². The van der Waals surface area contributed by atoms with Gasteiger partial charge in [-0.15, -0.1) is 11.6 Å². The number of anilines is 1. The summed E-state index contributed by atoms with van der Waals surface area (Å²) in [6.45, 7) is 0.568. The molecule has 0 radical (unpaired) electrons. The molecule has 7 nitrogen and oxygen atoms in total. The number of amides is 3. The van der Waals surface area contributed by atoms with Crippen molar-refractivity contribution in [1.29, 1.82) is 0 Å². The standard InChI is InChI=1S/C25H28ClF2N3O4/c1-34-20-6-3-15(11-21(20)35-2)25-8-7-17(13-22(25)31(10-9-25)23(32)14-26)30-24(33)29-16-4-5-18(27)19(28)12-16/h3-6,11-12,17,22H,7-10,13-14H2,1-2H3,(H2,29,30,33)/t17-,22+,25+/m1/s1. The molecule has 2 aromatic rings. The Balaban J connectivity index is 1.55. The summed E-state index contributed by atoms with van der Waals surface area (Å²) in [7, 11) is 3.17. The first-order chi connectivity index (χ1) is 16.8. The Kier molecular flexibility index (Phi) is 7.35. The number of hydrogen-bond acceptors (Lipinski definition) is 4. The third kappa shape index (κ3) is 4.87. The number of urea groups is 1. The molecule has 10 heteroatoms. The number of fused-ring (bicyclic) bond motifs is 1. The number of hydrogen-bond donors (Lipinski definition) is 2. The van der Waals surface area contributed by atoms with E-state index in [4.69, 9.17) is 21.1 Å². The summed E-state index contributed by atoms with van der Waals surface area (Å²) < 4.78 is 37.5. The molecule has 2 fully saturated rings. The number of alkyl halides is 1. The van der Waals surface area contributed by atoms with Gasteiger partial charge in [-0.25, -0.2) is 13.6 Å². The largest absolute Gasteiger partial charge is 0.493 e. The summed E-state index contributed by atoms with van der Waals surface area (Å²) in [5, 5.41) is 5.46. The Labute approximate surface area is 207 Å². The van der Waals surface area contributed by atoms with Gasteiger partial charge < -0.3 is 25.0 Å². The summed E-state index contributed by atoms with van der Waals surface area (Å²) in [5.74, 6) is -1.05. The summed E-state index contributed by atoms with van der Waals surface area (Å²) in [5.41, 5.74) is 0.891. The molecule has 0 aromatic heterocycles. The second-order valence-electron chi connectivity index (χ2n) is 8.91. The minimum Gasteiger partial charge on any atom is -0.493 e. The fraction of sp³-hybridized carbons (Fsp3) is 0.440. The number of rotatable bonds is 6. The monoisotopic (exact) mass is 507 g/mol. The maximum absolute atomic E-state index is 13.5. The smallest absolute Gasteiger partial charge is 0.319 e. The zero-order valence-electron chi connectivity index (χ0n) is 19.6. The average molecular weight is 508 g/mol. The number of methoxy groups -OCH3 is 2. The van der Waals surface area contributed by atoms with Crippen LogP contribution in [0.25, 0.3) is 0 Å². The predicted octanol–water partition coefficient (Wildman–Crippen LogP) is 4.43. The fourth-order valence-corrected chi connectivity index (χ4v) is 5.62. The molecule has 188 valence electrons. The van der Waals surface area contributed by atoms with Crippen molar-refractivity contribution in [1.82, 2.24) is 10.2 Å². The third-order valence-corrected chi connectivity index (χ3v) is 7.39. The SMILES string of the molecule is COc1ccc([C@@]23CC[C@@H](NC(=O)Nc4ccc(F)c(F)c4)C[C@@H]2N(C(=O)CCl)CC3)cc1OC. The highest BCUT2D eigenvalue weighted by Crippen LogP contribution is 2.50. The van der Waals surface area contributed by atoms with Crippen LogP contribution >= 0.6 is 11.6 Å². The second-order valence-corrected chi connectivity index (χ2v) is 9.18. The number of nitrogens with zero attached hydrogens (tertiary/aromatic N) is 1. The highest BCUT2D eigenvalue weighted by Gasteiger charge is 2.53. The van der Waals surface area contributed by atoms with Gasteiger partial charge in [0.15, 0.2) is 23.1 Å². The number of benzene rings is 2. The van der Waals surface area contributed by atoms with Gasteiger partial charge in [-0.05, 0) is 55.5 Å². The first-order valence-corrected chi connectivity index (χ1v) is 11.9. The van der Waals surface area contributed by atoms with Crippen molar-refractivity contribution in [2.45, 2.75) is 43.2 Å². The van der Waals surface area contributed by atoms with Crippen LogP contribution in [0, 0.1) is 11.6 Å². The number of nitrogens with one attached hydrogen (secondary N) is 2. The molecule has 3 amide bonds. The molecule has 2 aromatic carbocycles. The van der Waals surface area contributed by atoms with Crippen LogP contribution < -0.4 is 20.1 Å². The maximum atomic E-state index is 13.5. The van der Waals surface area contributed by atoms with Crippen LogP contribution in [0.5, 0.6) is 11.5 Å². The van der Waals surface area contributed by atoms with Crippen LogP contribution in [0.1, 0.15) is 31.2 Å². The molecule has 0 bridgehead atoms. The number of likely N-dealkylation sites (tertiary alicyclic amines) is 1. The molecule has 1 aliphatic heterocycles. The van der Waals surface area contributed by atoms with Crippen molar-refractivity contribution in [2.75, 3.05) is 32.0 Å². The Bertz CT molecular complexity index is 1120. The molecule has 1 heterocycles. The van der Waals surface area contributed by atoms with Crippen molar-refractivity contribution in [3.05, 3.63) is 53.6 Å². The molecule has 1 aliphatic carbocycles. The van der Waals surface area contributed by atoms with E-state index < -0.39 is 17.7 Å². The van der Waals surface area contributed by atoms with Crippen LogP contribution in [-0.4, -0.2) is 55.6 Å². The van der Waals surface area contributed by atoms with Gasteiger partial charge in [0.1, 0.15) is 5.88 Å². The lowest BCUT2D eigenvalue weighted by Crippen LogP contribution is -2.54. The highest BCUT2D eigenvalue weighted by atomic mass is 35.5. The van der Waals surface area contributed by atoms with Gasteiger partial charge >= 0.3 is 6.03 Å². The zero-order valence-corrected chi connectivity index (χ0v) is 20.3. The average Bonchev–Trinajstić information content (AvgIpc) is 3.25. The summed E-state index contributed by atoms with van der Waals surface area (Å²) in [6.07, 6.45) is 2.71. The Morgan fingerprint density at radius 2 is 1.86 bits per heavy atom. The van der Waals surface area contributed by atoms with Crippen LogP contribution in [0.3, 0.4) is 0 Å². The number of ether oxygens (including phenoxy) is 2. The molecule has 0 unspecified atom stereocenters. The van der Waals surface area contributed by atoms with Gasteiger partial charge in [-0.3, -0.25) is 4.79 Å². The predicted molar refractivity (Wildman–Crippen MR) is 128 cm³/mol. The van der Waals surface area contributed by atoms with Crippen molar-refractivity contribution >= 4 is 29.2 Å². The zero-order chi connectivity index (χ0) is 25.2. The van der Waals surface area contributed by atoms with E-state index in [-0.39, 0.29) is 35.0 Å². The van der Waals surface area contributed by atoms with E-state index in [0.717, 1.165) is 30.5 Å². The molecule has 4 rings (SSSR count). The van der Waals surface area contributed by atoms with Crippen molar-refractivity contribution < 1.29 is 27.8 Å². The molecule has 35 heavy (non-hydrogen) atoms. The third-order valence-electron chi connectivity index (χ3n) is 7.17. The quantitative estimate of drug-likeness (QED) is 0.567. The summed E-state index contributed by atoms with van der Waals surface area (Å²) in [6, 6.07) is 8.10. The van der Waals surface area contributed by atoms with Gasteiger partial charge in [-0.1, -0.05) is 6.07 Å². The van der Waals surface area contributed by atoms with E-state index in [1.807, 2.05) is 23.1 Å². The molecule has 2 aliphatic rings. The minimum atomic E-state index is -1.04.